The Balaban J connectivity index is 1.34. The van der Waals surface area contributed by atoms with Gasteiger partial charge in [0.05, 0.1) is 19.8 Å². The van der Waals surface area contributed by atoms with Gasteiger partial charge in [0.2, 0.25) is 0 Å². The molecule has 2 saturated heterocycles. The molecule has 0 amide bonds. The molecule has 30 heavy (non-hydrogen) atoms. The minimum Gasteiger partial charge on any atom is -0.378 e. The number of piperazine rings is 1. The summed E-state index contributed by atoms with van der Waals surface area (Å²) in [5.41, 5.74) is 2.50. The van der Waals surface area contributed by atoms with E-state index in [4.69, 9.17) is 9.73 Å². The van der Waals surface area contributed by atoms with Crippen LogP contribution in [0.5, 0.6) is 0 Å². The molecule has 3 heterocycles. The van der Waals surface area contributed by atoms with E-state index >= 15 is 0 Å². The molecule has 2 aliphatic heterocycles. The zero-order chi connectivity index (χ0) is 20.6. The van der Waals surface area contributed by atoms with Crippen LogP contribution in [-0.2, 0) is 11.3 Å². The Hall–Kier alpha value is -2.80. The van der Waals surface area contributed by atoms with Crippen molar-refractivity contribution in [2.24, 2.45) is 4.99 Å². The van der Waals surface area contributed by atoms with Crippen LogP contribution >= 0.6 is 0 Å². The van der Waals surface area contributed by atoms with E-state index in [9.17, 15) is 0 Å². The monoisotopic (exact) mass is 408 g/mol. The number of guanidine groups is 1. The molecule has 1 N–H and O–H groups in total. The second-order valence-corrected chi connectivity index (χ2v) is 7.60. The maximum absolute atomic E-state index is 5.44. The van der Waals surface area contributed by atoms with E-state index < -0.39 is 0 Å². The zero-order valence-electron chi connectivity index (χ0n) is 17.8. The van der Waals surface area contributed by atoms with Crippen molar-refractivity contribution >= 4 is 17.5 Å². The van der Waals surface area contributed by atoms with Crippen molar-refractivity contribution in [3.63, 3.8) is 0 Å². The topological polar surface area (TPSA) is 56.2 Å². The standard InChI is InChI=1S/C23H32N6O/c1-2-24-23(29-13-11-28(12-14-29)22-5-3-4-10-25-22)26-19-20-6-8-21(9-7-20)27-15-17-30-18-16-27/h3-10H,2,11-19H2,1H3,(H,24,26). The van der Waals surface area contributed by atoms with Gasteiger partial charge in [0.1, 0.15) is 5.82 Å². The van der Waals surface area contributed by atoms with Gasteiger partial charge >= 0.3 is 0 Å². The van der Waals surface area contributed by atoms with Gasteiger partial charge in [-0.2, -0.15) is 0 Å². The van der Waals surface area contributed by atoms with Gasteiger partial charge in [0, 0.05) is 57.7 Å². The number of aliphatic imine (C=N–C) groups is 1. The van der Waals surface area contributed by atoms with Crippen LogP contribution in [0.2, 0.25) is 0 Å². The molecule has 7 heteroatoms. The van der Waals surface area contributed by atoms with Gasteiger partial charge < -0.3 is 24.8 Å². The van der Waals surface area contributed by atoms with Crippen LogP contribution in [0.4, 0.5) is 11.5 Å². The third-order valence-electron chi connectivity index (χ3n) is 5.61. The second-order valence-electron chi connectivity index (χ2n) is 7.60. The predicted octanol–water partition coefficient (Wildman–Crippen LogP) is 2.21. The summed E-state index contributed by atoms with van der Waals surface area (Å²) in [7, 11) is 0. The van der Waals surface area contributed by atoms with Crippen molar-refractivity contribution in [1.29, 1.82) is 0 Å². The molecule has 0 spiro atoms. The Morgan fingerprint density at radius 2 is 1.73 bits per heavy atom. The minimum atomic E-state index is 0.687. The van der Waals surface area contributed by atoms with Crippen LogP contribution in [0.15, 0.2) is 53.7 Å². The van der Waals surface area contributed by atoms with Crippen molar-refractivity contribution in [3.05, 3.63) is 54.2 Å². The highest BCUT2D eigenvalue weighted by molar-refractivity contribution is 5.80. The van der Waals surface area contributed by atoms with Crippen LogP contribution in [-0.4, -0.2) is 74.9 Å². The number of benzene rings is 1. The number of pyridine rings is 1. The number of hydrogen-bond acceptors (Lipinski definition) is 5. The zero-order valence-corrected chi connectivity index (χ0v) is 17.8. The molecule has 160 valence electrons. The molecular weight excluding hydrogens is 376 g/mol. The summed E-state index contributed by atoms with van der Waals surface area (Å²) in [6.45, 7) is 11.0. The molecule has 0 bridgehead atoms. The highest BCUT2D eigenvalue weighted by Crippen LogP contribution is 2.17. The van der Waals surface area contributed by atoms with Gasteiger partial charge in [-0.05, 0) is 36.8 Å². The number of anilines is 2. The molecule has 0 atom stereocenters. The first-order chi connectivity index (χ1) is 14.8. The molecule has 0 saturated carbocycles. The lowest BCUT2D eigenvalue weighted by Gasteiger charge is -2.37. The van der Waals surface area contributed by atoms with Gasteiger partial charge in [-0.25, -0.2) is 9.98 Å². The first-order valence-corrected chi connectivity index (χ1v) is 10.9. The molecule has 0 unspecified atom stereocenters. The van der Waals surface area contributed by atoms with Gasteiger partial charge in [-0.3, -0.25) is 0 Å². The summed E-state index contributed by atoms with van der Waals surface area (Å²) in [4.78, 5) is 16.5. The Labute approximate surface area is 179 Å². The first kappa shape index (κ1) is 20.5. The number of morpholine rings is 1. The lowest BCUT2D eigenvalue weighted by atomic mass is 10.2. The number of aromatic nitrogens is 1. The van der Waals surface area contributed by atoms with E-state index in [1.807, 2.05) is 18.3 Å². The van der Waals surface area contributed by atoms with Gasteiger partial charge in [-0.1, -0.05) is 18.2 Å². The van der Waals surface area contributed by atoms with Crippen LogP contribution in [0.1, 0.15) is 12.5 Å². The first-order valence-electron chi connectivity index (χ1n) is 10.9. The number of nitrogens with zero attached hydrogens (tertiary/aromatic N) is 5. The number of hydrogen-bond donors (Lipinski definition) is 1. The maximum atomic E-state index is 5.44. The molecule has 1 aromatic heterocycles. The van der Waals surface area contributed by atoms with Crippen molar-refractivity contribution in [3.8, 4) is 0 Å². The van der Waals surface area contributed by atoms with E-state index in [1.54, 1.807) is 0 Å². The van der Waals surface area contributed by atoms with E-state index in [0.717, 1.165) is 70.8 Å². The smallest absolute Gasteiger partial charge is 0.194 e. The molecule has 0 aliphatic carbocycles. The van der Waals surface area contributed by atoms with E-state index in [0.29, 0.717) is 6.54 Å². The number of ether oxygens (including phenoxy) is 1. The Kier molecular flexibility index (Phi) is 7.03. The quantitative estimate of drug-likeness (QED) is 0.605. The lowest BCUT2D eigenvalue weighted by Crippen LogP contribution is -2.52. The van der Waals surface area contributed by atoms with E-state index in [-0.39, 0.29) is 0 Å². The Morgan fingerprint density at radius 3 is 2.40 bits per heavy atom. The summed E-state index contributed by atoms with van der Waals surface area (Å²) in [6, 6.07) is 14.9. The SMILES string of the molecule is CCNC(=NCc1ccc(N2CCOCC2)cc1)N1CCN(c2ccccn2)CC1. The fourth-order valence-corrected chi connectivity index (χ4v) is 3.91. The largest absolute Gasteiger partial charge is 0.378 e. The summed E-state index contributed by atoms with van der Waals surface area (Å²) in [5.74, 6) is 2.05. The van der Waals surface area contributed by atoms with Crippen molar-refractivity contribution in [2.45, 2.75) is 13.5 Å². The summed E-state index contributed by atoms with van der Waals surface area (Å²) < 4.78 is 5.44. The molecular formula is C23H32N6O. The summed E-state index contributed by atoms with van der Waals surface area (Å²) in [6.07, 6.45) is 1.86. The van der Waals surface area contributed by atoms with Crippen LogP contribution < -0.4 is 15.1 Å². The van der Waals surface area contributed by atoms with Gasteiger partial charge in [0.25, 0.3) is 0 Å². The normalized spacial score (nSPS) is 17.9. The van der Waals surface area contributed by atoms with Crippen molar-refractivity contribution in [2.75, 3.05) is 68.8 Å². The van der Waals surface area contributed by atoms with E-state index in [2.05, 4.69) is 62.3 Å². The molecule has 2 aromatic rings. The van der Waals surface area contributed by atoms with Crippen molar-refractivity contribution < 1.29 is 4.74 Å². The second kappa shape index (κ2) is 10.3. The van der Waals surface area contributed by atoms with Crippen LogP contribution in [0.3, 0.4) is 0 Å². The highest BCUT2D eigenvalue weighted by atomic mass is 16.5. The lowest BCUT2D eigenvalue weighted by molar-refractivity contribution is 0.122. The van der Waals surface area contributed by atoms with Gasteiger partial charge in [-0.15, -0.1) is 0 Å². The maximum Gasteiger partial charge on any atom is 0.194 e. The third-order valence-corrected chi connectivity index (χ3v) is 5.61. The van der Waals surface area contributed by atoms with Crippen molar-refractivity contribution in [1.82, 2.24) is 15.2 Å². The molecule has 0 radical (unpaired) electrons. The number of rotatable bonds is 5. The minimum absolute atomic E-state index is 0.687. The summed E-state index contributed by atoms with van der Waals surface area (Å²) >= 11 is 0. The van der Waals surface area contributed by atoms with E-state index in [1.165, 1.54) is 11.3 Å². The predicted molar refractivity (Wildman–Crippen MR) is 122 cm³/mol. The Bertz CT molecular complexity index is 796. The number of nitrogens with one attached hydrogen (secondary N) is 1. The molecule has 1 aromatic carbocycles. The molecule has 4 rings (SSSR count). The molecule has 2 aliphatic rings. The van der Waals surface area contributed by atoms with Crippen LogP contribution in [0, 0.1) is 0 Å². The van der Waals surface area contributed by atoms with Gasteiger partial charge in [0.15, 0.2) is 5.96 Å². The molecule has 7 nitrogen and oxygen atoms in total. The average Bonchev–Trinajstić information content (AvgIpc) is 2.83. The highest BCUT2D eigenvalue weighted by Gasteiger charge is 2.20. The fraction of sp³-hybridized carbons (Fsp3) is 0.478. The Morgan fingerprint density at radius 1 is 0.967 bits per heavy atom. The summed E-state index contributed by atoms with van der Waals surface area (Å²) in [5, 5.41) is 3.46. The fourth-order valence-electron chi connectivity index (χ4n) is 3.91. The third kappa shape index (κ3) is 5.21. The average molecular weight is 409 g/mol. The molecule has 2 fully saturated rings. The van der Waals surface area contributed by atoms with Crippen LogP contribution in [0.25, 0.3) is 0 Å².